The third kappa shape index (κ3) is 2.22. The van der Waals surface area contributed by atoms with Crippen molar-refractivity contribution in [2.45, 2.75) is 6.54 Å². The maximum absolute atomic E-state index is 6.16. The molecule has 0 spiro atoms. The number of hydrogen-bond donors (Lipinski definition) is 1. The van der Waals surface area contributed by atoms with Crippen LogP contribution in [0.25, 0.3) is 11.3 Å². The number of nitrogens with two attached hydrogens (primary N) is 1. The van der Waals surface area contributed by atoms with Crippen molar-refractivity contribution in [2.75, 3.05) is 5.73 Å². The molecule has 0 radical (unpaired) electrons. The molecule has 0 aliphatic rings. The van der Waals surface area contributed by atoms with E-state index in [1.807, 2.05) is 36.0 Å². The van der Waals surface area contributed by atoms with Crippen molar-refractivity contribution in [3.63, 3.8) is 0 Å². The Balaban J connectivity index is 1.91. The zero-order valence-corrected chi connectivity index (χ0v) is 10.7. The second-order valence-electron chi connectivity index (χ2n) is 4.49. The van der Waals surface area contributed by atoms with Gasteiger partial charge in [-0.1, -0.05) is 30.3 Å². The summed E-state index contributed by atoms with van der Waals surface area (Å²) in [4.78, 5) is 4.38. The number of hydrogen-bond acceptors (Lipinski definition) is 3. The van der Waals surface area contributed by atoms with Crippen LogP contribution in [0.15, 0.2) is 49.1 Å². The molecule has 0 saturated heterocycles. The van der Waals surface area contributed by atoms with Gasteiger partial charge in [0.05, 0.1) is 19.1 Å². The van der Waals surface area contributed by atoms with Gasteiger partial charge in [-0.25, -0.2) is 4.98 Å². The van der Waals surface area contributed by atoms with Gasteiger partial charge in [0.2, 0.25) is 0 Å². The summed E-state index contributed by atoms with van der Waals surface area (Å²) in [6.45, 7) is 0.722. The zero-order chi connectivity index (χ0) is 13.2. The van der Waals surface area contributed by atoms with Crippen molar-refractivity contribution in [1.29, 1.82) is 0 Å². The topological polar surface area (TPSA) is 61.7 Å². The highest BCUT2D eigenvalue weighted by atomic mass is 15.2. The third-order valence-corrected chi connectivity index (χ3v) is 3.05. The van der Waals surface area contributed by atoms with Crippen molar-refractivity contribution in [3.05, 3.63) is 54.6 Å². The minimum atomic E-state index is 0.664. The van der Waals surface area contributed by atoms with Crippen LogP contribution < -0.4 is 5.73 Å². The van der Waals surface area contributed by atoms with Gasteiger partial charge in [0.15, 0.2) is 0 Å². The molecule has 0 unspecified atom stereocenters. The highest BCUT2D eigenvalue weighted by Crippen LogP contribution is 2.24. The van der Waals surface area contributed by atoms with E-state index in [1.165, 1.54) is 5.56 Å². The van der Waals surface area contributed by atoms with Crippen LogP contribution in [0.4, 0.5) is 5.82 Å². The first-order valence-electron chi connectivity index (χ1n) is 6.07. The van der Waals surface area contributed by atoms with Gasteiger partial charge in [0.25, 0.3) is 0 Å². The van der Waals surface area contributed by atoms with Gasteiger partial charge < -0.3 is 10.3 Å². The molecule has 3 aromatic rings. The summed E-state index contributed by atoms with van der Waals surface area (Å²) in [5, 5.41) is 4.14. The molecule has 2 heterocycles. The number of nitrogens with zero attached hydrogens (tertiary/aromatic N) is 4. The summed E-state index contributed by atoms with van der Waals surface area (Å²) in [5.41, 5.74) is 9.07. The van der Waals surface area contributed by atoms with E-state index in [9.17, 15) is 0 Å². The second-order valence-corrected chi connectivity index (χ2v) is 4.49. The Morgan fingerprint density at radius 3 is 2.68 bits per heavy atom. The Kier molecular flexibility index (Phi) is 2.79. The average Bonchev–Trinajstić information content (AvgIpc) is 2.99. The number of anilines is 1. The number of nitrogen functional groups attached to an aromatic ring is 1. The van der Waals surface area contributed by atoms with Crippen molar-refractivity contribution >= 4 is 5.82 Å². The smallest absolute Gasteiger partial charge is 0.131 e. The normalized spacial score (nSPS) is 10.8. The lowest BCUT2D eigenvalue weighted by molar-refractivity contribution is 0.768. The lowest BCUT2D eigenvalue weighted by Gasteiger charge is -2.05. The molecule has 96 valence electrons. The van der Waals surface area contributed by atoms with Crippen LogP contribution in [0.3, 0.4) is 0 Å². The fourth-order valence-electron chi connectivity index (χ4n) is 2.06. The van der Waals surface area contributed by atoms with E-state index in [4.69, 9.17) is 5.73 Å². The van der Waals surface area contributed by atoms with Crippen LogP contribution in [-0.2, 0) is 13.6 Å². The molecule has 0 amide bonds. The van der Waals surface area contributed by atoms with Crippen LogP contribution >= 0.6 is 0 Å². The number of imidazole rings is 1. The molecule has 0 aliphatic carbocycles. The molecule has 2 N–H and O–H groups in total. The Morgan fingerprint density at radius 2 is 2.00 bits per heavy atom. The van der Waals surface area contributed by atoms with Crippen molar-refractivity contribution < 1.29 is 0 Å². The van der Waals surface area contributed by atoms with E-state index in [2.05, 4.69) is 22.2 Å². The predicted molar refractivity (Wildman–Crippen MR) is 74.4 cm³/mol. The van der Waals surface area contributed by atoms with Crippen LogP contribution in [-0.4, -0.2) is 19.3 Å². The first-order chi connectivity index (χ1) is 9.24. The molecule has 0 bridgehead atoms. The van der Waals surface area contributed by atoms with E-state index in [-0.39, 0.29) is 0 Å². The molecule has 3 rings (SSSR count). The number of aryl methyl sites for hydroxylation is 1. The van der Waals surface area contributed by atoms with Crippen molar-refractivity contribution in [1.82, 2.24) is 19.3 Å². The quantitative estimate of drug-likeness (QED) is 0.775. The van der Waals surface area contributed by atoms with E-state index in [0.717, 1.165) is 17.8 Å². The first-order valence-corrected chi connectivity index (χ1v) is 6.07. The first kappa shape index (κ1) is 11.5. The summed E-state index contributed by atoms with van der Waals surface area (Å²) in [7, 11) is 1.88. The molecule has 19 heavy (non-hydrogen) atoms. The SMILES string of the molecule is Cn1cc(-c2ncn(Cc3ccccc3)c2N)cn1. The van der Waals surface area contributed by atoms with E-state index < -0.39 is 0 Å². The maximum Gasteiger partial charge on any atom is 0.131 e. The van der Waals surface area contributed by atoms with Gasteiger partial charge in [0.1, 0.15) is 11.5 Å². The molecule has 5 heteroatoms. The van der Waals surface area contributed by atoms with Crippen LogP contribution in [0.5, 0.6) is 0 Å². The van der Waals surface area contributed by atoms with E-state index in [1.54, 1.807) is 17.2 Å². The van der Waals surface area contributed by atoms with Gasteiger partial charge in [-0.3, -0.25) is 4.68 Å². The lowest BCUT2D eigenvalue weighted by atomic mass is 10.2. The van der Waals surface area contributed by atoms with E-state index >= 15 is 0 Å². The van der Waals surface area contributed by atoms with Gasteiger partial charge in [-0.2, -0.15) is 5.10 Å². The monoisotopic (exact) mass is 253 g/mol. The molecular formula is C14H15N5. The molecular weight excluding hydrogens is 238 g/mol. The number of rotatable bonds is 3. The highest BCUT2D eigenvalue weighted by Gasteiger charge is 2.11. The Labute approximate surface area is 111 Å². The molecule has 0 aliphatic heterocycles. The summed E-state index contributed by atoms with van der Waals surface area (Å²) >= 11 is 0. The Hall–Kier alpha value is -2.56. The minimum absolute atomic E-state index is 0.664. The van der Waals surface area contributed by atoms with Crippen molar-refractivity contribution in [2.24, 2.45) is 7.05 Å². The number of aromatic nitrogens is 4. The van der Waals surface area contributed by atoms with Gasteiger partial charge in [-0.05, 0) is 5.56 Å². The molecule has 0 atom stereocenters. The molecule has 0 saturated carbocycles. The fourth-order valence-corrected chi connectivity index (χ4v) is 2.06. The minimum Gasteiger partial charge on any atom is -0.383 e. The largest absolute Gasteiger partial charge is 0.383 e. The standard InChI is InChI=1S/C14H15N5/c1-18-9-12(7-17-18)13-14(15)19(10-16-13)8-11-5-3-2-4-6-11/h2-7,9-10H,8,15H2,1H3. The van der Waals surface area contributed by atoms with E-state index in [0.29, 0.717) is 5.82 Å². The molecule has 2 aromatic heterocycles. The van der Waals surface area contributed by atoms with Crippen LogP contribution in [0, 0.1) is 0 Å². The Bertz CT molecular complexity index is 681. The summed E-state index contributed by atoms with van der Waals surface area (Å²) in [6, 6.07) is 10.2. The predicted octanol–water partition coefficient (Wildman–Crippen LogP) is 1.91. The van der Waals surface area contributed by atoms with Crippen LogP contribution in [0.1, 0.15) is 5.56 Å². The summed E-state index contributed by atoms with van der Waals surface area (Å²) in [5.74, 6) is 0.664. The van der Waals surface area contributed by atoms with Gasteiger partial charge >= 0.3 is 0 Å². The second kappa shape index (κ2) is 4.61. The number of benzene rings is 1. The third-order valence-electron chi connectivity index (χ3n) is 3.05. The maximum atomic E-state index is 6.16. The van der Waals surface area contributed by atoms with Crippen molar-refractivity contribution in [3.8, 4) is 11.3 Å². The van der Waals surface area contributed by atoms with Gasteiger partial charge in [-0.15, -0.1) is 0 Å². The fraction of sp³-hybridized carbons (Fsp3) is 0.143. The summed E-state index contributed by atoms with van der Waals surface area (Å²) < 4.78 is 3.68. The average molecular weight is 253 g/mol. The zero-order valence-electron chi connectivity index (χ0n) is 10.7. The van der Waals surface area contributed by atoms with Crippen LogP contribution in [0.2, 0.25) is 0 Å². The lowest BCUT2D eigenvalue weighted by Crippen LogP contribution is -2.03. The van der Waals surface area contributed by atoms with Gasteiger partial charge in [0, 0.05) is 18.8 Å². The molecule has 0 fully saturated rings. The molecule has 1 aromatic carbocycles. The highest BCUT2D eigenvalue weighted by molar-refractivity contribution is 5.69. The Morgan fingerprint density at radius 1 is 1.21 bits per heavy atom. The molecule has 5 nitrogen and oxygen atoms in total. The summed E-state index contributed by atoms with van der Waals surface area (Å²) in [6.07, 6.45) is 5.45.